The molecule has 1 saturated carbocycles. The molecular formula is C11H21N. The summed E-state index contributed by atoms with van der Waals surface area (Å²) in [6, 6.07) is 0.845. The first-order valence-corrected chi connectivity index (χ1v) is 5.21. The Bertz CT molecular complexity index is 185. The monoisotopic (exact) mass is 167 g/mol. The van der Waals surface area contributed by atoms with Gasteiger partial charge in [-0.1, -0.05) is 20.8 Å². The lowest BCUT2D eigenvalue weighted by Crippen LogP contribution is -2.57. The van der Waals surface area contributed by atoms with E-state index in [0.717, 1.165) is 17.9 Å². The Morgan fingerprint density at radius 1 is 1.33 bits per heavy atom. The molecule has 3 fully saturated rings. The molecule has 3 rings (SSSR count). The fourth-order valence-electron chi connectivity index (χ4n) is 3.39. The van der Waals surface area contributed by atoms with Gasteiger partial charge in [0.1, 0.15) is 0 Å². The quantitative estimate of drug-likeness (QED) is 0.535. The molecule has 0 spiro atoms. The van der Waals surface area contributed by atoms with Crippen LogP contribution in [0.5, 0.6) is 0 Å². The van der Waals surface area contributed by atoms with Crippen molar-refractivity contribution in [3.8, 4) is 0 Å². The van der Waals surface area contributed by atoms with Crippen LogP contribution in [0.4, 0.5) is 0 Å². The summed E-state index contributed by atoms with van der Waals surface area (Å²) < 4.78 is 0. The molecule has 1 aliphatic carbocycles. The van der Waals surface area contributed by atoms with Crippen LogP contribution >= 0.6 is 0 Å². The maximum absolute atomic E-state index is 2.58. The first-order chi connectivity index (χ1) is 5.50. The van der Waals surface area contributed by atoms with Crippen LogP contribution in [-0.4, -0.2) is 24.5 Å². The van der Waals surface area contributed by atoms with Gasteiger partial charge in [-0.05, 0) is 37.1 Å². The number of nitrogens with zero attached hydrogens (tertiary/aromatic N) is 1. The predicted molar refractivity (Wildman–Crippen MR) is 52.1 cm³/mol. The minimum Gasteiger partial charge on any atom is -0.303 e. The van der Waals surface area contributed by atoms with Crippen LogP contribution in [0.2, 0.25) is 0 Å². The van der Waals surface area contributed by atoms with E-state index in [0.29, 0.717) is 5.41 Å². The van der Waals surface area contributed by atoms with Crippen molar-refractivity contribution in [3.05, 3.63) is 0 Å². The standard InChI is InChI=1S/C11H21N/c1-8-5-10-11(2,3)6-9(8)7-12(10)4/h8-10H,5-7H2,1-4H3/t8?,9-,10+/m0/s1. The summed E-state index contributed by atoms with van der Waals surface area (Å²) in [4.78, 5) is 2.58. The smallest absolute Gasteiger partial charge is 0.0146 e. The highest BCUT2D eigenvalue weighted by Gasteiger charge is 2.46. The van der Waals surface area contributed by atoms with Crippen molar-refractivity contribution < 1.29 is 0 Å². The highest BCUT2D eigenvalue weighted by atomic mass is 15.2. The minimum absolute atomic E-state index is 0.574. The van der Waals surface area contributed by atoms with E-state index in [4.69, 9.17) is 0 Å². The highest BCUT2D eigenvalue weighted by Crippen LogP contribution is 2.48. The van der Waals surface area contributed by atoms with Gasteiger partial charge in [0, 0.05) is 12.6 Å². The summed E-state index contributed by atoms with van der Waals surface area (Å²) in [5.74, 6) is 1.94. The number of fused-ring (bicyclic) bond motifs is 3. The second-order valence-corrected chi connectivity index (χ2v) is 5.62. The van der Waals surface area contributed by atoms with Gasteiger partial charge >= 0.3 is 0 Å². The number of piperidine rings is 2. The molecule has 70 valence electrons. The van der Waals surface area contributed by atoms with Crippen LogP contribution in [0.25, 0.3) is 0 Å². The van der Waals surface area contributed by atoms with Gasteiger partial charge in [-0.3, -0.25) is 0 Å². The molecule has 0 radical (unpaired) electrons. The molecule has 1 heteroatoms. The Morgan fingerprint density at radius 3 is 2.42 bits per heavy atom. The highest BCUT2D eigenvalue weighted by molar-refractivity contribution is 4.99. The van der Waals surface area contributed by atoms with Crippen LogP contribution in [0.1, 0.15) is 33.6 Å². The zero-order chi connectivity index (χ0) is 8.93. The third-order valence-electron chi connectivity index (χ3n) is 4.14. The minimum atomic E-state index is 0.574. The molecule has 1 unspecified atom stereocenters. The predicted octanol–water partition coefficient (Wildman–Crippen LogP) is 2.37. The van der Waals surface area contributed by atoms with E-state index in [9.17, 15) is 0 Å². The molecule has 3 atom stereocenters. The topological polar surface area (TPSA) is 3.24 Å². The van der Waals surface area contributed by atoms with Crippen molar-refractivity contribution in [2.45, 2.75) is 39.7 Å². The Labute approximate surface area is 76.1 Å². The van der Waals surface area contributed by atoms with E-state index in [1.807, 2.05) is 0 Å². The number of hydrogen-bond donors (Lipinski definition) is 0. The molecule has 0 aromatic heterocycles. The van der Waals surface area contributed by atoms with E-state index >= 15 is 0 Å². The lowest BCUT2D eigenvalue weighted by Gasteiger charge is -2.56. The van der Waals surface area contributed by atoms with E-state index in [-0.39, 0.29) is 0 Å². The van der Waals surface area contributed by atoms with Crippen LogP contribution in [-0.2, 0) is 0 Å². The summed E-state index contributed by atoms with van der Waals surface area (Å²) >= 11 is 0. The average molecular weight is 167 g/mol. The Balaban J connectivity index is 2.22. The van der Waals surface area contributed by atoms with Gasteiger partial charge in [0.15, 0.2) is 0 Å². The third kappa shape index (κ3) is 1.10. The molecule has 0 amide bonds. The van der Waals surface area contributed by atoms with Gasteiger partial charge < -0.3 is 4.90 Å². The SMILES string of the molecule is CC1C[C@H]2N(C)C[C@@H]1CC2(C)C. The van der Waals surface area contributed by atoms with Crippen LogP contribution < -0.4 is 0 Å². The second kappa shape index (κ2) is 2.47. The van der Waals surface area contributed by atoms with E-state index < -0.39 is 0 Å². The Morgan fingerprint density at radius 2 is 2.00 bits per heavy atom. The van der Waals surface area contributed by atoms with Crippen molar-refractivity contribution in [1.29, 1.82) is 0 Å². The molecule has 0 aromatic rings. The first-order valence-electron chi connectivity index (χ1n) is 5.21. The molecular weight excluding hydrogens is 146 g/mol. The molecule has 0 N–H and O–H groups in total. The van der Waals surface area contributed by atoms with Gasteiger partial charge in [-0.25, -0.2) is 0 Å². The van der Waals surface area contributed by atoms with E-state index in [2.05, 4.69) is 32.7 Å². The number of rotatable bonds is 0. The van der Waals surface area contributed by atoms with E-state index in [1.54, 1.807) is 0 Å². The van der Waals surface area contributed by atoms with Crippen molar-refractivity contribution in [2.75, 3.05) is 13.6 Å². The van der Waals surface area contributed by atoms with Crippen LogP contribution in [0, 0.1) is 17.3 Å². The maximum Gasteiger partial charge on any atom is 0.0146 e. The zero-order valence-electron chi connectivity index (χ0n) is 8.80. The third-order valence-corrected chi connectivity index (χ3v) is 4.14. The van der Waals surface area contributed by atoms with Crippen molar-refractivity contribution in [3.63, 3.8) is 0 Å². The van der Waals surface area contributed by atoms with Crippen molar-refractivity contribution >= 4 is 0 Å². The average Bonchev–Trinajstić information content (AvgIpc) is 1.92. The first kappa shape index (κ1) is 8.55. The summed E-state index contributed by atoms with van der Waals surface area (Å²) in [5.41, 5.74) is 0.574. The van der Waals surface area contributed by atoms with Crippen molar-refractivity contribution in [2.24, 2.45) is 17.3 Å². The summed E-state index contributed by atoms with van der Waals surface area (Å²) in [6.45, 7) is 8.65. The summed E-state index contributed by atoms with van der Waals surface area (Å²) in [7, 11) is 2.30. The fourth-order valence-corrected chi connectivity index (χ4v) is 3.39. The van der Waals surface area contributed by atoms with Crippen LogP contribution in [0.15, 0.2) is 0 Å². The van der Waals surface area contributed by atoms with Crippen LogP contribution in [0.3, 0.4) is 0 Å². The van der Waals surface area contributed by atoms with Gasteiger partial charge in [-0.15, -0.1) is 0 Å². The lowest BCUT2D eigenvalue weighted by molar-refractivity contribution is -0.0590. The maximum atomic E-state index is 2.58. The Kier molecular flexibility index (Phi) is 1.76. The number of hydrogen-bond acceptors (Lipinski definition) is 1. The summed E-state index contributed by atoms with van der Waals surface area (Å²) in [5, 5.41) is 0. The molecule has 12 heavy (non-hydrogen) atoms. The second-order valence-electron chi connectivity index (χ2n) is 5.62. The molecule has 1 nitrogen and oxygen atoms in total. The fraction of sp³-hybridized carbons (Fsp3) is 1.00. The van der Waals surface area contributed by atoms with Gasteiger partial charge in [0.25, 0.3) is 0 Å². The molecule has 2 aliphatic heterocycles. The zero-order valence-corrected chi connectivity index (χ0v) is 8.80. The van der Waals surface area contributed by atoms with Gasteiger partial charge in [-0.2, -0.15) is 0 Å². The van der Waals surface area contributed by atoms with E-state index in [1.165, 1.54) is 19.4 Å². The molecule has 2 saturated heterocycles. The molecule has 2 heterocycles. The molecule has 0 aromatic carbocycles. The lowest BCUT2D eigenvalue weighted by atomic mass is 9.61. The summed E-state index contributed by atoms with van der Waals surface area (Å²) in [6.07, 6.45) is 2.87. The largest absolute Gasteiger partial charge is 0.303 e. The molecule has 3 aliphatic rings. The molecule has 2 bridgehead atoms. The van der Waals surface area contributed by atoms with Crippen molar-refractivity contribution in [1.82, 2.24) is 4.90 Å². The normalized spacial score (nSPS) is 46.5. The van der Waals surface area contributed by atoms with Gasteiger partial charge in [0.05, 0.1) is 0 Å². The van der Waals surface area contributed by atoms with Gasteiger partial charge in [0.2, 0.25) is 0 Å². The Hall–Kier alpha value is -0.0400.